The van der Waals surface area contributed by atoms with Gasteiger partial charge in [0.05, 0.1) is 23.4 Å². The second-order valence-corrected chi connectivity index (χ2v) is 8.21. The van der Waals surface area contributed by atoms with Crippen LogP contribution in [0.25, 0.3) is 10.9 Å². The van der Waals surface area contributed by atoms with Gasteiger partial charge in [-0.15, -0.1) is 11.8 Å². The predicted octanol–water partition coefficient (Wildman–Crippen LogP) is 4.28. The Bertz CT molecular complexity index is 1290. The fraction of sp³-hybridized carbons (Fsp3) is 0.125. The number of nitrogens with zero attached hydrogens (tertiary/aromatic N) is 3. The summed E-state index contributed by atoms with van der Waals surface area (Å²) in [6.45, 7) is 0.0587. The Hall–Kier alpha value is -3.38. The lowest BCUT2D eigenvalue weighted by Gasteiger charge is -2.37. The van der Waals surface area contributed by atoms with E-state index < -0.39 is 0 Å². The number of anilines is 1. The fourth-order valence-electron chi connectivity index (χ4n) is 3.91. The third kappa shape index (κ3) is 3.29. The lowest BCUT2D eigenvalue weighted by molar-refractivity contribution is -0.119. The van der Waals surface area contributed by atoms with Gasteiger partial charge in [0.25, 0.3) is 0 Å². The summed E-state index contributed by atoms with van der Waals surface area (Å²) in [5.41, 5.74) is 2.54. The molecular formula is C24H19N3O2S. The second kappa shape index (κ2) is 7.80. The van der Waals surface area contributed by atoms with Crippen LogP contribution < -0.4 is 10.3 Å². The highest BCUT2D eigenvalue weighted by atomic mass is 32.2. The zero-order valence-corrected chi connectivity index (χ0v) is 17.0. The molecule has 5 rings (SSSR count). The number of para-hydroxylation sites is 2. The monoisotopic (exact) mass is 413 g/mol. The molecule has 0 saturated carbocycles. The standard InChI is InChI=1S/C24H19N3O2S/c28-22-14-25-26(19-11-5-4-10-18(19)22)15-24(29)27-20-12-6-7-13-23(20)30-16-21(27)17-8-2-1-3-9-17/h1-14,21H,15-16H2. The average Bonchev–Trinajstić information content (AvgIpc) is 2.81. The molecule has 6 heteroatoms. The number of aromatic nitrogens is 2. The van der Waals surface area contributed by atoms with E-state index in [0.29, 0.717) is 10.9 Å². The Kier molecular flexibility index (Phi) is 4.85. The first-order chi connectivity index (χ1) is 14.7. The van der Waals surface area contributed by atoms with E-state index >= 15 is 0 Å². The summed E-state index contributed by atoms with van der Waals surface area (Å²) in [4.78, 5) is 28.7. The van der Waals surface area contributed by atoms with Crippen LogP contribution in [0, 0.1) is 0 Å². The van der Waals surface area contributed by atoms with Crippen molar-refractivity contribution in [2.75, 3.05) is 10.7 Å². The van der Waals surface area contributed by atoms with Crippen molar-refractivity contribution in [3.8, 4) is 0 Å². The van der Waals surface area contributed by atoms with Gasteiger partial charge < -0.3 is 4.90 Å². The van der Waals surface area contributed by atoms with Gasteiger partial charge in [-0.1, -0.05) is 54.6 Å². The van der Waals surface area contributed by atoms with E-state index in [2.05, 4.69) is 23.3 Å². The highest BCUT2D eigenvalue weighted by Crippen LogP contribution is 2.43. The summed E-state index contributed by atoms with van der Waals surface area (Å²) in [6, 6.07) is 25.3. The van der Waals surface area contributed by atoms with Crippen LogP contribution in [0.3, 0.4) is 0 Å². The molecule has 30 heavy (non-hydrogen) atoms. The number of amides is 1. The fourth-order valence-corrected chi connectivity index (χ4v) is 5.08. The van der Waals surface area contributed by atoms with Gasteiger partial charge in [0.15, 0.2) is 0 Å². The van der Waals surface area contributed by atoms with E-state index in [1.165, 1.54) is 6.20 Å². The van der Waals surface area contributed by atoms with Crippen LogP contribution in [-0.2, 0) is 11.3 Å². The van der Waals surface area contributed by atoms with Crippen molar-refractivity contribution in [1.82, 2.24) is 9.78 Å². The van der Waals surface area contributed by atoms with Gasteiger partial charge in [-0.25, -0.2) is 0 Å². The van der Waals surface area contributed by atoms with Crippen molar-refractivity contribution in [3.05, 3.63) is 101 Å². The van der Waals surface area contributed by atoms with Crippen molar-refractivity contribution < 1.29 is 4.79 Å². The van der Waals surface area contributed by atoms with Crippen LogP contribution in [0.4, 0.5) is 5.69 Å². The first-order valence-corrected chi connectivity index (χ1v) is 10.7. The van der Waals surface area contributed by atoms with E-state index in [9.17, 15) is 9.59 Å². The van der Waals surface area contributed by atoms with Crippen molar-refractivity contribution in [2.45, 2.75) is 17.5 Å². The lowest BCUT2D eigenvalue weighted by Crippen LogP contribution is -2.41. The predicted molar refractivity (Wildman–Crippen MR) is 120 cm³/mol. The molecule has 1 amide bonds. The number of carbonyl (C=O) groups is 1. The molecule has 0 aliphatic carbocycles. The maximum absolute atomic E-state index is 13.6. The highest BCUT2D eigenvalue weighted by molar-refractivity contribution is 7.99. The number of fused-ring (bicyclic) bond motifs is 2. The van der Waals surface area contributed by atoms with Crippen LogP contribution in [0.1, 0.15) is 11.6 Å². The van der Waals surface area contributed by atoms with Crippen LogP contribution in [0.5, 0.6) is 0 Å². The molecule has 0 spiro atoms. The Balaban J connectivity index is 1.57. The molecule has 0 bridgehead atoms. The minimum absolute atomic E-state index is 0.0575. The number of rotatable bonds is 3. The summed E-state index contributed by atoms with van der Waals surface area (Å²) >= 11 is 1.77. The normalized spacial score (nSPS) is 15.7. The molecule has 1 aliphatic rings. The maximum Gasteiger partial charge on any atom is 0.249 e. The Labute approximate surface area is 178 Å². The largest absolute Gasteiger partial charge is 0.301 e. The molecule has 0 fully saturated rings. The molecule has 0 radical (unpaired) electrons. The second-order valence-electron chi connectivity index (χ2n) is 7.15. The Morgan fingerprint density at radius 3 is 2.57 bits per heavy atom. The highest BCUT2D eigenvalue weighted by Gasteiger charge is 2.32. The van der Waals surface area contributed by atoms with Crippen LogP contribution in [0.15, 0.2) is 94.7 Å². The van der Waals surface area contributed by atoms with Gasteiger partial charge in [0.2, 0.25) is 11.3 Å². The van der Waals surface area contributed by atoms with Crippen molar-refractivity contribution in [3.63, 3.8) is 0 Å². The average molecular weight is 414 g/mol. The molecule has 3 aromatic carbocycles. The molecule has 148 valence electrons. The van der Waals surface area contributed by atoms with E-state index in [4.69, 9.17) is 0 Å². The van der Waals surface area contributed by atoms with Gasteiger partial charge >= 0.3 is 0 Å². The molecular weight excluding hydrogens is 394 g/mol. The summed E-state index contributed by atoms with van der Waals surface area (Å²) < 4.78 is 1.62. The molecule has 2 heterocycles. The Morgan fingerprint density at radius 2 is 1.70 bits per heavy atom. The molecule has 1 atom stereocenters. The van der Waals surface area contributed by atoms with Crippen molar-refractivity contribution in [2.24, 2.45) is 0 Å². The summed E-state index contributed by atoms with van der Waals surface area (Å²) in [7, 11) is 0. The van der Waals surface area contributed by atoms with Crippen molar-refractivity contribution >= 4 is 34.3 Å². The number of thioether (sulfide) groups is 1. The van der Waals surface area contributed by atoms with E-state index in [0.717, 1.165) is 21.9 Å². The van der Waals surface area contributed by atoms with Gasteiger partial charge in [-0.05, 0) is 29.8 Å². The van der Waals surface area contributed by atoms with Gasteiger partial charge in [-0.3, -0.25) is 14.3 Å². The zero-order valence-electron chi connectivity index (χ0n) is 16.1. The van der Waals surface area contributed by atoms with E-state index in [1.807, 2.05) is 59.5 Å². The molecule has 0 saturated heterocycles. The third-order valence-corrected chi connectivity index (χ3v) is 6.47. The summed E-state index contributed by atoms with van der Waals surface area (Å²) in [5.74, 6) is 0.725. The van der Waals surface area contributed by atoms with E-state index in [-0.39, 0.29) is 23.9 Å². The summed E-state index contributed by atoms with van der Waals surface area (Å²) in [6.07, 6.45) is 1.28. The van der Waals surface area contributed by atoms with Gasteiger partial charge in [0.1, 0.15) is 6.54 Å². The molecule has 1 aliphatic heterocycles. The SMILES string of the molecule is O=C(Cn1ncc(=O)c2ccccc21)N1c2ccccc2SCC1c1ccccc1. The molecule has 5 nitrogen and oxygen atoms in total. The Morgan fingerprint density at radius 1 is 0.967 bits per heavy atom. The summed E-state index contributed by atoms with van der Waals surface area (Å²) in [5, 5.41) is 4.81. The number of hydrogen-bond acceptors (Lipinski definition) is 4. The third-order valence-electron chi connectivity index (χ3n) is 5.33. The van der Waals surface area contributed by atoms with Gasteiger partial charge in [0, 0.05) is 16.0 Å². The van der Waals surface area contributed by atoms with Crippen LogP contribution in [-0.4, -0.2) is 21.4 Å². The molecule has 1 unspecified atom stereocenters. The van der Waals surface area contributed by atoms with Gasteiger partial charge in [-0.2, -0.15) is 5.10 Å². The smallest absolute Gasteiger partial charge is 0.249 e. The molecule has 1 aromatic heterocycles. The first-order valence-electron chi connectivity index (χ1n) is 9.76. The first kappa shape index (κ1) is 18.6. The van der Waals surface area contributed by atoms with Crippen LogP contribution >= 0.6 is 11.8 Å². The number of benzene rings is 3. The molecule has 4 aromatic rings. The zero-order chi connectivity index (χ0) is 20.5. The maximum atomic E-state index is 13.6. The van der Waals surface area contributed by atoms with E-state index in [1.54, 1.807) is 22.5 Å². The quantitative estimate of drug-likeness (QED) is 0.503. The van der Waals surface area contributed by atoms with Crippen LogP contribution in [0.2, 0.25) is 0 Å². The van der Waals surface area contributed by atoms with Crippen molar-refractivity contribution in [1.29, 1.82) is 0 Å². The lowest BCUT2D eigenvalue weighted by atomic mass is 10.1. The number of carbonyl (C=O) groups excluding carboxylic acids is 1. The molecule has 0 N–H and O–H groups in total. The topological polar surface area (TPSA) is 55.2 Å². The minimum Gasteiger partial charge on any atom is -0.301 e. The number of hydrogen-bond donors (Lipinski definition) is 0. The minimum atomic E-state index is -0.142.